The van der Waals surface area contributed by atoms with E-state index in [4.69, 9.17) is 13.9 Å². The molecule has 0 unspecified atom stereocenters. The number of ketones is 1. The summed E-state index contributed by atoms with van der Waals surface area (Å²) in [5.41, 5.74) is 0.578. The Bertz CT molecular complexity index is 1080. The number of hydrogen-bond donors (Lipinski definition) is 0. The highest BCUT2D eigenvalue weighted by molar-refractivity contribution is 6.14. The third-order valence-corrected chi connectivity index (χ3v) is 3.97. The van der Waals surface area contributed by atoms with Crippen molar-refractivity contribution < 1.29 is 27.9 Å². The fourth-order valence-electron chi connectivity index (χ4n) is 2.64. The van der Waals surface area contributed by atoms with Gasteiger partial charge in [0.25, 0.3) is 0 Å². The molecule has 0 spiro atoms. The van der Waals surface area contributed by atoms with Gasteiger partial charge in [-0.25, -0.2) is 9.18 Å². The predicted octanol–water partition coefficient (Wildman–Crippen LogP) is 4.56. The van der Waals surface area contributed by atoms with Gasteiger partial charge in [-0.05, 0) is 55.5 Å². The maximum Gasteiger partial charge on any atom is 0.343 e. The number of ether oxygens (including phenoxy) is 2. The topological polar surface area (TPSA) is 65.7 Å². The number of halogens is 1. The van der Waals surface area contributed by atoms with Gasteiger partial charge in [-0.2, -0.15) is 0 Å². The van der Waals surface area contributed by atoms with E-state index in [0.29, 0.717) is 17.1 Å². The van der Waals surface area contributed by atoms with E-state index >= 15 is 0 Å². The minimum absolute atomic E-state index is 0.126. The van der Waals surface area contributed by atoms with Gasteiger partial charge >= 0.3 is 5.97 Å². The molecule has 134 valence electrons. The summed E-state index contributed by atoms with van der Waals surface area (Å²) in [4.78, 5) is 24.5. The summed E-state index contributed by atoms with van der Waals surface area (Å²) in [6.45, 7) is 1.80. The van der Waals surface area contributed by atoms with Gasteiger partial charge in [0, 0.05) is 12.1 Å². The number of fused-ring (bicyclic) bond motifs is 1. The first kappa shape index (κ1) is 16.8. The largest absolute Gasteiger partial charge is 0.462 e. The zero-order valence-electron chi connectivity index (χ0n) is 14.2. The Morgan fingerprint density at radius 2 is 1.85 bits per heavy atom. The molecule has 6 heteroatoms. The first-order chi connectivity index (χ1) is 13.0. The molecule has 0 radical (unpaired) electrons. The molecule has 0 bridgehead atoms. The van der Waals surface area contributed by atoms with Crippen molar-refractivity contribution in [1.82, 2.24) is 0 Å². The smallest absolute Gasteiger partial charge is 0.343 e. The van der Waals surface area contributed by atoms with Crippen LogP contribution in [0.4, 0.5) is 4.39 Å². The molecule has 27 heavy (non-hydrogen) atoms. The molecule has 4 rings (SSSR count). The molecule has 0 atom stereocenters. The molecule has 0 fully saturated rings. The summed E-state index contributed by atoms with van der Waals surface area (Å²) in [6, 6.07) is 13.0. The van der Waals surface area contributed by atoms with Gasteiger partial charge in [-0.3, -0.25) is 4.79 Å². The van der Waals surface area contributed by atoms with E-state index in [0.717, 1.165) is 5.76 Å². The zero-order chi connectivity index (χ0) is 19.0. The second-order valence-electron chi connectivity index (χ2n) is 5.94. The summed E-state index contributed by atoms with van der Waals surface area (Å²) in [7, 11) is 0. The fraction of sp³-hybridized carbons (Fsp3) is 0.0476. The van der Waals surface area contributed by atoms with Gasteiger partial charge in [0.05, 0.1) is 11.1 Å². The minimum atomic E-state index is -0.638. The third kappa shape index (κ3) is 3.37. The van der Waals surface area contributed by atoms with Gasteiger partial charge in [0.15, 0.2) is 5.76 Å². The van der Waals surface area contributed by atoms with Crippen molar-refractivity contribution in [2.75, 3.05) is 0 Å². The van der Waals surface area contributed by atoms with Crippen LogP contribution >= 0.6 is 0 Å². The number of carbonyl (C=O) groups excluding carboxylic acids is 2. The lowest BCUT2D eigenvalue weighted by Crippen LogP contribution is -2.08. The highest BCUT2D eigenvalue weighted by atomic mass is 19.1. The summed E-state index contributed by atoms with van der Waals surface area (Å²) in [6.07, 6.45) is 1.51. The van der Waals surface area contributed by atoms with E-state index in [2.05, 4.69) is 0 Å². The van der Waals surface area contributed by atoms with Crippen molar-refractivity contribution in [3.8, 4) is 11.5 Å². The van der Waals surface area contributed by atoms with Gasteiger partial charge in [0.2, 0.25) is 5.78 Å². The van der Waals surface area contributed by atoms with E-state index in [1.165, 1.54) is 48.5 Å². The number of hydrogen-bond acceptors (Lipinski definition) is 5. The zero-order valence-corrected chi connectivity index (χ0v) is 14.2. The number of rotatable bonds is 3. The molecule has 2 heterocycles. The summed E-state index contributed by atoms with van der Waals surface area (Å²) >= 11 is 0. The molecular weight excluding hydrogens is 351 g/mol. The van der Waals surface area contributed by atoms with Crippen LogP contribution in [0.15, 0.2) is 64.8 Å². The number of esters is 1. The van der Waals surface area contributed by atoms with E-state index in [9.17, 15) is 14.0 Å². The summed E-state index contributed by atoms with van der Waals surface area (Å²) in [5, 5.41) is 0. The first-order valence-electron chi connectivity index (χ1n) is 8.12. The Labute approximate surface area is 153 Å². The Kier molecular flexibility index (Phi) is 4.08. The number of Topliss-reactive ketones (excluding diaryl/α,β-unsaturated/α-hetero) is 1. The molecule has 1 aliphatic heterocycles. The monoisotopic (exact) mass is 364 g/mol. The van der Waals surface area contributed by atoms with E-state index in [-0.39, 0.29) is 22.9 Å². The lowest BCUT2D eigenvalue weighted by molar-refractivity contribution is 0.0734. The maximum absolute atomic E-state index is 12.9. The van der Waals surface area contributed by atoms with E-state index in [1.54, 1.807) is 19.1 Å². The fourth-order valence-corrected chi connectivity index (χ4v) is 2.64. The standard InChI is InChI=1S/C21H13FO5/c1-12-2-7-15(25-12)11-19-20(23)17-9-8-16(10-18(17)27-19)26-21(24)13-3-5-14(22)6-4-13/h2-11H,1H3. The number of aryl methyl sites for hydroxylation is 1. The Morgan fingerprint density at radius 1 is 1.07 bits per heavy atom. The van der Waals surface area contributed by atoms with Crippen LogP contribution < -0.4 is 9.47 Å². The van der Waals surface area contributed by atoms with Crippen molar-refractivity contribution >= 4 is 17.8 Å². The molecule has 0 amide bonds. The quantitative estimate of drug-likeness (QED) is 0.387. The minimum Gasteiger partial charge on any atom is -0.462 e. The lowest BCUT2D eigenvalue weighted by atomic mass is 10.1. The second kappa shape index (κ2) is 6.57. The Morgan fingerprint density at radius 3 is 2.56 bits per heavy atom. The van der Waals surface area contributed by atoms with Crippen molar-refractivity contribution in [2.24, 2.45) is 0 Å². The second-order valence-corrected chi connectivity index (χ2v) is 5.94. The van der Waals surface area contributed by atoms with Crippen molar-refractivity contribution in [1.29, 1.82) is 0 Å². The maximum atomic E-state index is 12.9. The Balaban J connectivity index is 1.54. The molecule has 0 aliphatic carbocycles. The molecule has 0 N–H and O–H groups in total. The van der Waals surface area contributed by atoms with Crippen LogP contribution in [-0.4, -0.2) is 11.8 Å². The van der Waals surface area contributed by atoms with Crippen LogP contribution in [0.2, 0.25) is 0 Å². The molecule has 5 nitrogen and oxygen atoms in total. The summed E-state index contributed by atoms with van der Waals surface area (Å²) in [5.74, 6) is 0.497. The third-order valence-electron chi connectivity index (χ3n) is 3.97. The van der Waals surface area contributed by atoms with Gasteiger partial charge in [0.1, 0.15) is 28.8 Å². The molecule has 0 saturated carbocycles. The number of benzene rings is 2. The normalized spacial score (nSPS) is 14.1. The van der Waals surface area contributed by atoms with Crippen LogP contribution in [0.3, 0.4) is 0 Å². The van der Waals surface area contributed by atoms with Gasteiger partial charge in [-0.1, -0.05) is 0 Å². The van der Waals surface area contributed by atoms with Crippen LogP contribution in [0.1, 0.15) is 32.2 Å². The predicted molar refractivity (Wildman–Crippen MR) is 94.2 cm³/mol. The first-order valence-corrected chi connectivity index (χ1v) is 8.12. The Hall–Kier alpha value is -3.67. The number of furan rings is 1. The number of allylic oxidation sites excluding steroid dienone is 1. The van der Waals surface area contributed by atoms with Gasteiger partial charge < -0.3 is 13.9 Å². The average Bonchev–Trinajstić information content (AvgIpc) is 3.19. The van der Waals surface area contributed by atoms with E-state index in [1.807, 2.05) is 0 Å². The van der Waals surface area contributed by atoms with Crippen LogP contribution in [0.25, 0.3) is 6.08 Å². The van der Waals surface area contributed by atoms with Crippen molar-refractivity contribution in [2.45, 2.75) is 6.92 Å². The van der Waals surface area contributed by atoms with Crippen LogP contribution in [0, 0.1) is 12.7 Å². The van der Waals surface area contributed by atoms with Crippen LogP contribution in [-0.2, 0) is 0 Å². The molecule has 2 aromatic carbocycles. The van der Waals surface area contributed by atoms with Crippen molar-refractivity contribution in [3.63, 3.8) is 0 Å². The van der Waals surface area contributed by atoms with Gasteiger partial charge in [-0.15, -0.1) is 0 Å². The average molecular weight is 364 g/mol. The SMILES string of the molecule is Cc1ccc(C=C2Oc3cc(OC(=O)c4ccc(F)cc4)ccc3C2=O)o1. The van der Waals surface area contributed by atoms with E-state index < -0.39 is 11.8 Å². The molecule has 3 aromatic rings. The number of carbonyl (C=O) groups is 2. The highest BCUT2D eigenvalue weighted by Crippen LogP contribution is 2.35. The van der Waals surface area contributed by atoms with Crippen molar-refractivity contribution in [3.05, 3.63) is 88.8 Å². The molecule has 1 aromatic heterocycles. The lowest BCUT2D eigenvalue weighted by Gasteiger charge is -2.05. The molecule has 1 aliphatic rings. The van der Waals surface area contributed by atoms with Crippen LogP contribution in [0.5, 0.6) is 11.5 Å². The molecular formula is C21H13FO5. The molecule has 0 saturated heterocycles. The summed E-state index contributed by atoms with van der Waals surface area (Å²) < 4.78 is 29.2. The highest BCUT2D eigenvalue weighted by Gasteiger charge is 2.28.